The minimum absolute atomic E-state index is 0.0970. The summed E-state index contributed by atoms with van der Waals surface area (Å²) < 4.78 is 4.90. The molecule has 0 aromatic carbocycles. The first kappa shape index (κ1) is 13.4. The largest absolute Gasteiger partial charge is 0.465 e. The van der Waals surface area contributed by atoms with Crippen LogP contribution < -0.4 is 5.73 Å². The smallest absolute Gasteiger partial charge is 0.320 e. The van der Waals surface area contributed by atoms with Gasteiger partial charge >= 0.3 is 5.97 Å². The number of carbonyl (C=O) groups is 1. The molecule has 0 spiro atoms. The van der Waals surface area contributed by atoms with Crippen molar-refractivity contribution in [3.8, 4) is 0 Å². The van der Waals surface area contributed by atoms with E-state index in [0.29, 0.717) is 19.1 Å². The Balaban J connectivity index is 2.37. The lowest BCUT2D eigenvalue weighted by Crippen LogP contribution is -2.49. The second-order valence-corrected chi connectivity index (χ2v) is 4.37. The number of hydrogen-bond donors (Lipinski definition) is 2. The molecule has 1 heterocycles. The summed E-state index contributed by atoms with van der Waals surface area (Å²) in [6, 6.07) is 0.0970. The molecule has 1 aliphatic heterocycles. The van der Waals surface area contributed by atoms with Gasteiger partial charge in [0.15, 0.2) is 0 Å². The van der Waals surface area contributed by atoms with Gasteiger partial charge in [0.05, 0.1) is 13.2 Å². The molecule has 1 aliphatic rings. The predicted molar refractivity (Wildman–Crippen MR) is 60.9 cm³/mol. The van der Waals surface area contributed by atoms with Crippen molar-refractivity contribution in [2.75, 3.05) is 32.8 Å². The molecule has 2 unspecified atom stereocenters. The predicted octanol–water partition coefficient (Wildman–Crippen LogP) is -0.419. The minimum atomic E-state index is -0.195. The molecule has 5 nitrogen and oxygen atoms in total. The van der Waals surface area contributed by atoms with Crippen LogP contribution in [-0.4, -0.2) is 54.9 Å². The Labute approximate surface area is 96.6 Å². The molecule has 0 radical (unpaired) electrons. The number of hydrogen-bond acceptors (Lipinski definition) is 5. The molecule has 2 atom stereocenters. The average molecular weight is 230 g/mol. The second kappa shape index (κ2) is 6.83. The van der Waals surface area contributed by atoms with E-state index in [4.69, 9.17) is 15.6 Å². The van der Waals surface area contributed by atoms with Crippen LogP contribution in [0.4, 0.5) is 0 Å². The van der Waals surface area contributed by atoms with E-state index in [-0.39, 0.29) is 18.6 Å². The van der Waals surface area contributed by atoms with Crippen molar-refractivity contribution in [2.24, 2.45) is 11.7 Å². The van der Waals surface area contributed by atoms with Crippen molar-refractivity contribution in [3.63, 3.8) is 0 Å². The molecule has 1 rings (SSSR count). The molecule has 1 saturated heterocycles. The highest BCUT2D eigenvalue weighted by atomic mass is 16.5. The van der Waals surface area contributed by atoms with Crippen LogP contribution in [-0.2, 0) is 9.53 Å². The first-order valence-electron chi connectivity index (χ1n) is 5.90. The lowest BCUT2D eigenvalue weighted by Gasteiger charge is -2.35. The lowest BCUT2D eigenvalue weighted by molar-refractivity contribution is -0.144. The second-order valence-electron chi connectivity index (χ2n) is 4.37. The van der Waals surface area contributed by atoms with Gasteiger partial charge in [-0.3, -0.25) is 9.69 Å². The van der Waals surface area contributed by atoms with Gasteiger partial charge in [0.1, 0.15) is 0 Å². The van der Waals surface area contributed by atoms with E-state index in [2.05, 4.69) is 0 Å². The van der Waals surface area contributed by atoms with Gasteiger partial charge in [-0.25, -0.2) is 0 Å². The highest BCUT2D eigenvalue weighted by Crippen LogP contribution is 2.18. The Morgan fingerprint density at radius 3 is 2.94 bits per heavy atom. The molecule has 0 saturated carbocycles. The normalized spacial score (nSPS) is 26.7. The van der Waals surface area contributed by atoms with Gasteiger partial charge in [0, 0.05) is 25.7 Å². The first-order valence-corrected chi connectivity index (χ1v) is 5.90. The monoisotopic (exact) mass is 230 g/mol. The van der Waals surface area contributed by atoms with Gasteiger partial charge in [-0.2, -0.15) is 0 Å². The SMILES string of the molecule is CCOC(=O)CN1CC(N)CC(CCO)C1. The van der Waals surface area contributed by atoms with E-state index in [1.165, 1.54) is 0 Å². The Bertz CT molecular complexity index is 223. The number of nitrogens with two attached hydrogens (primary N) is 1. The number of aliphatic hydroxyl groups excluding tert-OH is 1. The van der Waals surface area contributed by atoms with Crippen LogP contribution in [0, 0.1) is 5.92 Å². The molecule has 1 fully saturated rings. The molecule has 5 heteroatoms. The van der Waals surface area contributed by atoms with E-state index in [0.717, 1.165) is 25.9 Å². The van der Waals surface area contributed by atoms with Gasteiger partial charge in [-0.1, -0.05) is 0 Å². The maximum absolute atomic E-state index is 11.3. The third-order valence-corrected chi connectivity index (χ3v) is 2.84. The van der Waals surface area contributed by atoms with Crippen molar-refractivity contribution in [1.82, 2.24) is 4.90 Å². The van der Waals surface area contributed by atoms with Crippen molar-refractivity contribution in [2.45, 2.75) is 25.8 Å². The minimum Gasteiger partial charge on any atom is -0.465 e. The Morgan fingerprint density at radius 2 is 2.31 bits per heavy atom. The Kier molecular flexibility index (Phi) is 5.73. The molecule has 16 heavy (non-hydrogen) atoms. The third kappa shape index (κ3) is 4.47. The van der Waals surface area contributed by atoms with E-state index >= 15 is 0 Å². The Hall–Kier alpha value is -0.650. The van der Waals surface area contributed by atoms with Crippen molar-refractivity contribution >= 4 is 5.97 Å². The molecule has 0 bridgehead atoms. The number of aliphatic hydroxyl groups is 1. The number of likely N-dealkylation sites (tertiary alicyclic amines) is 1. The van der Waals surface area contributed by atoms with Gasteiger partial charge in [0.2, 0.25) is 0 Å². The van der Waals surface area contributed by atoms with Gasteiger partial charge in [0.25, 0.3) is 0 Å². The fourth-order valence-electron chi connectivity index (χ4n) is 2.26. The zero-order valence-corrected chi connectivity index (χ0v) is 9.89. The Morgan fingerprint density at radius 1 is 1.56 bits per heavy atom. The number of esters is 1. The standard InChI is InChI=1S/C11H22N2O3/c1-2-16-11(15)8-13-6-9(3-4-14)5-10(12)7-13/h9-10,14H,2-8,12H2,1H3. The molecular formula is C11H22N2O3. The van der Waals surface area contributed by atoms with Crippen LogP contribution in [0.2, 0.25) is 0 Å². The third-order valence-electron chi connectivity index (χ3n) is 2.84. The van der Waals surface area contributed by atoms with Crippen molar-refractivity contribution in [3.05, 3.63) is 0 Å². The molecule has 94 valence electrons. The fraction of sp³-hybridized carbons (Fsp3) is 0.909. The summed E-state index contributed by atoms with van der Waals surface area (Å²) in [5.41, 5.74) is 5.92. The zero-order valence-electron chi connectivity index (χ0n) is 9.89. The van der Waals surface area contributed by atoms with Gasteiger partial charge < -0.3 is 15.6 Å². The number of nitrogens with zero attached hydrogens (tertiary/aromatic N) is 1. The van der Waals surface area contributed by atoms with E-state index in [1.54, 1.807) is 6.92 Å². The fourth-order valence-corrected chi connectivity index (χ4v) is 2.26. The van der Waals surface area contributed by atoms with Gasteiger partial charge in [-0.15, -0.1) is 0 Å². The van der Waals surface area contributed by atoms with Crippen molar-refractivity contribution < 1.29 is 14.6 Å². The quantitative estimate of drug-likeness (QED) is 0.627. The zero-order chi connectivity index (χ0) is 12.0. The molecular weight excluding hydrogens is 208 g/mol. The van der Waals surface area contributed by atoms with Crippen LogP contribution in [0.3, 0.4) is 0 Å². The van der Waals surface area contributed by atoms with E-state index < -0.39 is 0 Å². The lowest BCUT2D eigenvalue weighted by atomic mass is 9.92. The molecule has 3 N–H and O–H groups in total. The highest BCUT2D eigenvalue weighted by Gasteiger charge is 2.26. The topological polar surface area (TPSA) is 75.8 Å². The number of piperidine rings is 1. The number of rotatable bonds is 5. The first-order chi connectivity index (χ1) is 7.65. The van der Waals surface area contributed by atoms with Crippen LogP contribution in [0.1, 0.15) is 19.8 Å². The number of ether oxygens (including phenoxy) is 1. The summed E-state index contributed by atoms with van der Waals surface area (Å²) in [7, 11) is 0. The molecule has 0 aromatic heterocycles. The van der Waals surface area contributed by atoms with Crippen LogP contribution in [0.25, 0.3) is 0 Å². The van der Waals surface area contributed by atoms with Crippen LogP contribution in [0.5, 0.6) is 0 Å². The molecule has 0 aromatic rings. The maximum Gasteiger partial charge on any atom is 0.320 e. The maximum atomic E-state index is 11.3. The molecule has 0 aliphatic carbocycles. The summed E-state index contributed by atoms with van der Waals surface area (Å²) in [6.07, 6.45) is 1.69. The summed E-state index contributed by atoms with van der Waals surface area (Å²) >= 11 is 0. The highest BCUT2D eigenvalue weighted by molar-refractivity contribution is 5.71. The van der Waals surface area contributed by atoms with Crippen molar-refractivity contribution in [1.29, 1.82) is 0 Å². The number of carbonyl (C=O) groups excluding carboxylic acids is 1. The summed E-state index contributed by atoms with van der Waals surface area (Å²) in [6.45, 7) is 4.27. The summed E-state index contributed by atoms with van der Waals surface area (Å²) in [4.78, 5) is 13.3. The van der Waals surface area contributed by atoms with E-state index in [1.807, 2.05) is 4.90 Å². The summed E-state index contributed by atoms with van der Waals surface area (Å²) in [5.74, 6) is 0.197. The van der Waals surface area contributed by atoms with Gasteiger partial charge in [-0.05, 0) is 25.7 Å². The molecule has 0 amide bonds. The van der Waals surface area contributed by atoms with Crippen LogP contribution in [0.15, 0.2) is 0 Å². The average Bonchev–Trinajstić information content (AvgIpc) is 2.17. The summed E-state index contributed by atoms with van der Waals surface area (Å²) in [5, 5.41) is 8.91. The van der Waals surface area contributed by atoms with Crippen LogP contribution >= 0.6 is 0 Å². The van der Waals surface area contributed by atoms with E-state index in [9.17, 15) is 4.79 Å².